The Kier molecular flexibility index (Phi) is 5.50. The third-order valence-corrected chi connectivity index (χ3v) is 13.9. The SMILES string of the molecule is CC1CCC2(C(=O)O)CCC3(C)C(=CCC4C5(C)Cc6ccc(Cl)nc6C(C)(C)C5CCC43C)C2C1C. The van der Waals surface area contributed by atoms with Crippen LogP contribution in [0.25, 0.3) is 0 Å². The van der Waals surface area contributed by atoms with Crippen LogP contribution in [0.3, 0.4) is 0 Å². The van der Waals surface area contributed by atoms with Crippen molar-refractivity contribution in [2.75, 3.05) is 0 Å². The Bertz CT molecular complexity index is 1190. The highest BCUT2D eigenvalue weighted by atomic mass is 35.5. The van der Waals surface area contributed by atoms with Crippen LogP contribution < -0.4 is 0 Å². The Morgan fingerprint density at radius 1 is 1.00 bits per heavy atom. The molecule has 4 heteroatoms. The fraction of sp³-hybridized carbons (Fsp3) is 0.758. The second-order valence-electron chi connectivity index (χ2n) is 15.1. The standard InChI is InChI=1S/C33H46ClNO2/c1-19-12-15-33(28(36)37)17-16-31(6)22(26(33)20(19)2)9-10-24-30(5)18-21-8-11-25(34)35-27(21)29(3,4)23(30)13-14-32(24,31)7/h8-9,11,19-20,23-24,26H,10,12-18H2,1-7H3,(H,36,37). The van der Waals surface area contributed by atoms with Gasteiger partial charge in [0.1, 0.15) is 5.15 Å². The molecule has 1 N–H and O–H groups in total. The Labute approximate surface area is 228 Å². The van der Waals surface area contributed by atoms with Crippen molar-refractivity contribution in [3.05, 3.63) is 40.2 Å². The molecule has 202 valence electrons. The first kappa shape index (κ1) is 25.9. The fourth-order valence-corrected chi connectivity index (χ4v) is 11.5. The number of carboxylic acid groups (broad SMARTS) is 1. The van der Waals surface area contributed by atoms with Gasteiger partial charge in [-0.15, -0.1) is 0 Å². The van der Waals surface area contributed by atoms with E-state index in [0.717, 1.165) is 38.5 Å². The minimum Gasteiger partial charge on any atom is -0.481 e. The van der Waals surface area contributed by atoms with Gasteiger partial charge in [-0.3, -0.25) is 4.79 Å². The molecule has 0 bridgehead atoms. The predicted molar refractivity (Wildman–Crippen MR) is 150 cm³/mol. The van der Waals surface area contributed by atoms with Crippen LogP contribution in [0.15, 0.2) is 23.8 Å². The van der Waals surface area contributed by atoms with Gasteiger partial charge in [-0.05, 0) is 109 Å². The van der Waals surface area contributed by atoms with Gasteiger partial charge >= 0.3 is 5.97 Å². The van der Waals surface area contributed by atoms with Crippen LogP contribution in [0.1, 0.15) is 105 Å². The van der Waals surface area contributed by atoms with Crippen LogP contribution in [0, 0.1) is 51.2 Å². The third kappa shape index (κ3) is 3.07. The summed E-state index contributed by atoms with van der Waals surface area (Å²) in [4.78, 5) is 17.8. The predicted octanol–water partition coefficient (Wildman–Crippen LogP) is 8.49. The summed E-state index contributed by atoms with van der Waals surface area (Å²) in [5.41, 5.74) is 3.92. The summed E-state index contributed by atoms with van der Waals surface area (Å²) in [6.07, 6.45) is 10.9. The summed E-state index contributed by atoms with van der Waals surface area (Å²) in [6, 6.07) is 4.21. The van der Waals surface area contributed by atoms with E-state index in [1.807, 2.05) is 6.07 Å². The molecule has 9 unspecified atom stereocenters. The van der Waals surface area contributed by atoms with Crippen molar-refractivity contribution in [1.82, 2.24) is 4.98 Å². The number of rotatable bonds is 1. The smallest absolute Gasteiger partial charge is 0.310 e. The number of hydrogen-bond acceptors (Lipinski definition) is 2. The first-order valence-corrected chi connectivity index (χ1v) is 15.2. The normalized spacial score (nSPS) is 47.9. The van der Waals surface area contributed by atoms with Crippen LogP contribution >= 0.6 is 11.6 Å². The van der Waals surface area contributed by atoms with E-state index in [-0.39, 0.29) is 27.6 Å². The van der Waals surface area contributed by atoms with Crippen molar-refractivity contribution >= 4 is 17.6 Å². The molecule has 0 aromatic carbocycles. The first-order valence-electron chi connectivity index (χ1n) is 14.8. The molecule has 1 aromatic rings. The van der Waals surface area contributed by atoms with Crippen molar-refractivity contribution < 1.29 is 9.90 Å². The highest BCUT2D eigenvalue weighted by Gasteiger charge is 2.69. The lowest BCUT2D eigenvalue weighted by Crippen LogP contribution is -2.65. The van der Waals surface area contributed by atoms with Crippen molar-refractivity contribution in [2.24, 2.45) is 51.2 Å². The maximum Gasteiger partial charge on any atom is 0.310 e. The van der Waals surface area contributed by atoms with Crippen LogP contribution in [0.5, 0.6) is 0 Å². The maximum atomic E-state index is 12.9. The molecule has 3 nitrogen and oxygen atoms in total. The number of aliphatic carboxylic acids is 1. The van der Waals surface area contributed by atoms with E-state index in [2.05, 4.69) is 60.6 Å². The molecular weight excluding hydrogens is 478 g/mol. The van der Waals surface area contributed by atoms with E-state index >= 15 is 0 Å². The van der Waals surface area contributed by atoms with Crippen LogP contribution in [0.2, 0.25) is 5.15 Å². The molecule has 5 aliphatic carbocycles. The third-order valence-electron chi connectivity index (χ3n) is 13.7. The molecule has 1 aromatic heterocycles. The molecule has 0 aliphatic heterocycles. The molecule has 3 fully saturated rings. The van der Waals surface area contributed by atoms with Crippen LogP contribution in [-0.2, 0) is 16.6 Å². The molecule has 0 radical (unpaired) electrons. The lowest BCUT2D eigenvalue weighted by molar-refractivity contribution is -0.179. The summed E-state index contributed by atoms with van der Waals surface area (Å²) in [7, 11) is 0. The molecule has 37 heavy (non-hydrogen) atoms. The van der Waals surface area contributed by atoms with Crippen molar-refractivity contribution in [1.29, 1.82) is 0 Å². The number of allylic oxidation sites excluding steroid dienone is 2. The molecule has 3 saturated carbocycles. The van der Waals surface area contributed by atoms with Crippen LogP contribution in [-0.4, -0.2) is 16.1 Å². The Morgan fingerprint density at radius 3 is 2.43 bits per heavy atom. The molecule has 0 saturated heterocycles. The lowest BCUT2D eigenvalue weighted by atomic mass is 9.33. The number of fused-ring (bicyclic) bond motifs is 8. The zero-order valence-corrected chi connectivity index (χ0v) is 24.7. The zero-order valence-electron chi connectivity index (χ0n) is 24.0. The highest BCUT2D eigenvalue weighted by molar-refractivity contribution is 6.29. The topological polar surface area (TPSA) is 50.2 Å². The molecule has 6 rings (SSSR count). The van der Waals surface area contributed by atoms with Gasteiger partial charge in [0.2, 0.25) is 0 Å². The number of carboxylic acids is 1. The summed E-state index contributed by atoms with van der Waals surface area (Å²) < 4.78 is 0. The number of carbonyl (C=O) groups is 1. The van der Waals surface area contributed by atoms with E-state index in [1.54, 1.807) is 0 Å². The van der Waals surface area contributed by atoms with Crippen molar-refractivity contribution in [3.63, 3.8) is 0 Å². The number of nitrogens with zero attached hydrogens (tertiary/aromatic N) is 1. The lowest BCUT2D eigenvalue weighted by Gasteiger charge is -2.70. The van der Waals surface area contributed by atoms with Gasteiger partial charge < -0.3 is 5.11 Å². The summed E-state index contributed by atoms with van der Waals surface area (Å²) in [6.45, 7) is 17.2. The minimum absolute atomic E-state index is 0.0161. The number of pyridine rings is 1. The Morgan fingerprint density at radius 2 is 1.73 bits per heavy atom. The van der Waals surface area contributed by atoms with Gasteiger partial charge in [-0.2, -0.15) is 0 Å². The summed E-state index contributed by atoms with van der Waals surface area (Å²) in [5.74, 6) is 1.76. The van der Waals surface area contributed by atoms with E-state index in [0.29, 0.717) is 28.8 Å². The van der Waals surface area contributed by atoms with Gasteiger partial charge in [0.05, 0.1) is 11.1 Å². The molecule has 0 spiro atoms. The van der Waals surface area contributed by atoms with Gasteiger partial charge in [0.25, 0.3) is 0 Å². The van der Waals surface area contributed by atoms with E-state index in [9.17, 15) is 9.90 Å². The van der Waals surface area contributed by atoms with Gasteiger partial charge in [0, 0.05) is 5.41 Å². The van der Waals surface area contributed by atoms with Gasteiger partial charge in [-0.25, -0.2) is 4.98 Å². The second-order valence-corrected chi connectivity index (χ2v) is 15.5. The Hall–Kier alpha value is -1.35. The number of hydrogen-bond donors (Lipinski definition) is 1. The number of halogens is 1. The van der Waals surface area contributed by atoms with Crippen molar-refractivity contribution in [2.45, 2.75) is 105 Å². The largest absolute Gasteiger partial charge is 0.481 e. The minimum atomic E-state index is -0.571. The highest BCUT2D eigenvalue weighted by Crippen LogP contribution is 2.75. The summed E-state index contributed by atoms with van der Waals surface area (Å²) >= 11 is 6.39. The zero-order chi connectivity index (χ0) is 26.8. The first-order chi connectivity index (χ1) is 17.2. The van der Waals surface area contributed by atoms with Gasteiger partial charge in [-0.1, -0.05) is 77.8 Å². The van der Waals surface area contributed by atoms with Crippen molar-refractivity contribution in [3.8, 4) is 0 Å². The van der Waals surface area contributed by atoms with E-state index in [4.69, 9.17) is 16.6 Å². The molecular formula is C33H46ClNO2. The van der Waals surface area contributed by atoms with Gasteiger partial charge in [0.15, 0.2) is 0 Å². The quantitative estimate of drug-likeness (QED) is 0.296. The average Bonchev–Trinajstić information content (AvgIpc) is 2.82. The van der Waals surface area contributed by atoms with Crippen LogP contribution in [0.4, 0.5) is 0 Å². The summed E-state index contributed by atoms with van der Waals surface area (Å²) in [5, 5.41) is 11.2. The molecule has 0 amide bonds. The monoisotopic (exact) mass is 523 g/mol. The fourth-order valence-electron chi connectivity index (χ4n) is 11.4. The number of aromatic nitrogens is 1. The Balaban J connectivity index is 1.48. The molecule has 9 atom stereocenters. The van der Waals surface area contributed by atoms with E-state index in [1.165, 1.54) is 29.7 Å². The average molecular weight is 524 g/mol. The van der Waals surface area contributed by atoms with E-state index < -0.39 is 11.4 Å². The molecule has 5 aliphatic rings. The molecule has 1 heterocycles. The second kappa shape index (κ2) is 7.86. The maximum absolute atomic E-state index is 12.9.